The molecule has 7 heteroatoms. The summed E-state index contributed by atoms with van der Waals surface area (Å²) in [5, 5.41) is 4.93. The molecule has 23 heavy (non-hydrogen) atoms. The number of carbonyl (C=O) groups is 1. The number of carbonyl (C=O) groups excluding carboxylic acids is 1. The Balaban J connectivity index is 1.92. The first-order valence-corrected chi connectivity index (χ1v) is 7.31. The van der Waals surface area contributed by atoms with Gasteiger partial charge in [-0.3, -0.25) is 10.2 Å². The SMILES string of the molecule is O=C(C(=NNc1ccc(Cl)c(Cl)c1)c1ccco1)c1ccco1. The fraction of sp³-hybridized carbons (Fsp3) is 0. The highest BCUT2D eigenvalue weighted by atomic mass is 35.5. The summed E-state index contributed by atoms with van der Waals surface area (Å²) in [5.74, 6) is 0.0764. The van der Waals surface area contributed by atoms with Crippen LogP contribution in [0.25, 0.3) is 0 Å². The van der Waals surface area contributed by atoms with Gasteiger partial charge in [0.1, 0.15) is 0 Å². The largest absolute Gasteiger partial charge is 0.462 e. The minimum absolute atomic E-state index is 0.0797. The maximum Gasteiger partial charge on any atom is 0.252 e. The van der Waals surface area contributed by atoms with E-state index >= 15 is 0 Å². The van der Waals surface area contributed by atoms with Crippen LogP contribution in [-0.2, 0) is 0 Å². The van der Waals surface area contributed by atoms with E-state index < -0.39 is 5.78 Å². The van der Waals surface area contributed by atoms with E-state index in [0.717, 1.165) is 0 Å². The molecule has 0 aliphatic rings. The topological polar surface area (TPSA) is 67.7 Å². The Labute approximate surface area is 141 Å². The van der Waals surface area contributed by atoms with Gasteiger partial charge >= 0.3 is 0 Å². The molecule has 3 aromatic rings. The first-order valence-electron chi connectivity index (χ1n) is 6.56. The Morgan fingerprint density at radius 1 is 0.957 bits per heavy atom. The Morgan fingerprint density at radius 3 is 2.26 bits per heavy atom. The highest BCUT2D eigenvalue weighted by Gasteiger charge is 2.21. The van der Waals surface area contributed by atoms with Gasteiger partial charge in [-0.1, -0.05) is 23.2 Å². The van der Waals surface area contributed by atoms with E-state index in [9.17, 15) is 4.79 Å². The van der Waals surface area contributed by atoms with Crippen LogP contribution in [-0.4, -0.2) is 11.5 Å². The lowest BCUT2D eigenvalue weighted by Crippen LogP contribution is -2.16. The molecule has 0 unspecified atom stereocenters. The quantitative estimate of drug-likeness (QED) is 0.405. The number of nitrogens with one attached hydrogen (secondary N) is 1. The number of furan rings is 2. The summed E-state index contributed by atoms with van der Waals surface area (Å²) in [4.78, 5) is 12.5. The molecule has 0 aliphatic carbocycles. The molecule has 0 radical (unpaired) electrons. The van der Waals surface area contributed by atoms with Gasteiger partial charge < -0.3 is 8.83 Å². The van der Waals surface area contributed by atoms with Crippen LogP contribution in [0.5, 0.6) is 0 Å². The van der Waals surface area contributed by atoms with Gasteiger partial charge in [-0.2, -0.15) is 5.10 Å². The monoisotopic (exact) mass is 348 g/mol. The first-order chi connectivity index (χ1) is 11.1. The maximum absolute atomic E-state index is 12.5. The van der Waals surface area contributed by atoms with Gasteiger partial charge in [0.2, 0.25) is 0 Å². The van der Waals surface area contributed by atoms with Crippen molar-refractivity contribution in [3.8, 4) is 0 Å². The van der Waals surface area contributed by atoms with Crippen LogP contribution in [0.15, 0.2) is 68.9 Å². The van der Waals surface area contributed by atoms with Crippen LogP contribution >= 0.6 is 23.2 Å². The molecule has 116 valence electrons. The van der Waals surface area contributed by atoms with Crippen LogP contribution in [0, 0.1) is 0 Å². The summed E-state index contributed by atoms with van der Waals surface area (Å²) >= 11 is 11.8. The normalized spacial score (nSPS) is 11.5. The molecule has 0 spiro atoms. The van der Waals surface area contributed by atoms with E-state index in [-0.39, 0.29) is 11.5 Å². The Hall–Kier alpha value is -2.50. The zero-order valence-electron chi connectivity index (χ0n) is 11.6. The Morgan fingerprint density at radius 2 is 1.65 bits per heavy atom. The van der Waals surface area contributed by atoms with Crippen molar-refractivity contribution < 1.29 is 13.6 Å². The number of hydrogen-bond donors (Lipinski definition) is 1. The number of hydrogen-bond acceptors (Lipinski definition) is 5. The summed E-state index contributed by atoms with van der Waals surface area (Å²) < 4.78 is 10.4. The fourth-order valence-electron chi connectivity index (χ4n) is 1.84. The lowest BCUT2D eigenvalue weighted by Gasteiger charge is -2.05. The molecular weight excluding hydrogens is 339 g/mol. The fourth-order valence-corrected chi connectivity index (χ4v) is 2.14. The average molecular weight is 349 g/mol. The summed E-state index contributed by atoms with van der Waals surface area (Å²) in [7, 11) is 0. The second kappa shape index (κ2) is 6.73. The van der Waals surface area contributed by atoms with Crippen molar-refractivity contribution in [3.63, 3.8) is 0 Å². The summed E-state index contributed by atoms with van der Waals surface area (Å²) in [6.07, 6.45) is 2.87. The molecular formula is C16H10Cl2N2O3. The van der Waals surface area contributed by atoms with Gasteiger partial charge in [-0.25, -0.2) is 0 Å². The van der Waals surface area contributed by atoms with Gasteiger partial charge in [-0.15, -0.1) is 0 Å². The molecule has 0 saturated heterocycles. The lowest BCUT2D eigenvalue weighted by atomic mass is 10.1. The molecule has 0 saturated carbocycles. The molecule has 2 aromatic heterocycles. The third-order valence-corrected chi connectivity index (χ3v) is 3.67. The van der Waals surface area contributed by atoms with Crippen LogP contribution < -0.4 is 5.43 Å². The van der Waals surface area contributed by atoms with Crippen molar-refractivity contribution in [1.29, 1.82) is 0 Å². The highest BCUT2D eigenvalue weighted by molar-refractivity contribution is 6.50. The minimum atomic E-state index is -0.405. The average Bonchev–Trinajstić information content (AvgIpc) is 3.23. The number of rotatable bonds is 5. The van der Waals surface area contributed by atoms with Crippen LogP contribution in [0.3, 0.4) is 0 Å². The number of halogens is 2. The van der Waals surface area contributed by atoms with Gasteiger partial charge in [0, 0.05) is 0 Å². The van der Waals surface area contributed by atoms with Crippen molar-refractivity contribution in [2.75, 3.05) is 5.43 Å². The predicted molar refractivity (Wildman–Crippen MR) is 88.4 cm³/mol. The van der Waals surface area contributed by atoms with Gasteiger partial charge in [-0.05, 0) is 42.5 Å². The number of nitrogens with zero attached hydrogens (tertiary/aromatic N) is 1. The van der Waals surface area contributed by atoms with Crippen molar-refractivity contribution in [3.05, 3.63) is 76.6 Å². The molecule has 0 aliphatic heterocycles. The zero-order valence-corrected chi connectivity index (χ0v) is 13.1. The van der Waals surface area contributed by atoms with E-state index in [1.165, 1.54) is 12.5 Å². The predicted octanol–water partition coefficient (Wildman–Crippen LogP) is 4.88. The summed E-state index contributed by atoms with van der Waals surface area (Å²) in [6, 6.07) is 11.4. The third kappa shape index (κ3) is 3.47. The summed E-state index contributed by atoms with van der Waals surface area (Å²) in [6.45, 7) is 0. The molecule has 5 nitrogen and oxygen atoms in total. The van der Waals surface area contributed by atoms with E-state index in [0.29, 0.717) is 21.5 Å². The van der Waals surface area contributed by atoms with Crippen molar-refractivity contribution in [2.45, 2.75) is 0 Å². The maximum atomic E-state index is 12.5. The van der Waals surface area contributed by atoms with E-state index in [1.807, 2.05) is 0 Å². The van der Waals surface area contributed by atoms with Gasteiger partial charge in [0.25, 0.3) is 5.78 Å². The van der Waals surface area contributed by atoms with E-state index in [4.69, 9.17) is 32.0 Å². The highest BCUT2D eigenvalue weighted by Crippen LogP contribution is 2.25. The minimum Gasteiger partial charge on any atom is -0.462 e. The lowest BCUT2D eigenvalue weighted by molar-refractivity contribution is 0.104. The molecule has 3 rings (SSSR count). The van der Waals surface area contributed by atoms with Crippen LogP contribution in [0.4, 0.5) is 5.69 Å². The summed E-state index contributed by atoms with van der Waals surface area (Å²) in [5.41, 5.74) is 3.43. The Kier molecular flexibility index (Phi) is 4.50. The molecule has 1 aromatic carbocycles. The number of hydrazone groups is 1. The molecule has 0 bridgehead atoms. The van der Waals surface area contributed by atoms with Gasteiger partial charge in [0.05, 0.1) is 28.3 Å². The number of ketones is 1. The van der Waals surface area contributed by atoms with Crippen LogP contribution in [0.2, 0.25) is 10.0 Å². The van der Waals surface area contributed by atoms with Crippen molar-refractivity contribution in [1.82, 2.24) is 0 Å². The second-order valence-electron chi connectivity index (χ2n) is 4.48. The third-order valence-electron chi connectivity index (χ3n) is 2.93. The number of anilines is 1. The first kappa shape index (κ1) is 15.4. The smallest absolute Gasteiger partial charge is 0.252 e. The van der Waals surface area contributed by atoms with Crippen molar-refractivity contribution in [2.24, 2.45) is 5.10 Å². The van der Waals surface area contributed by atoms with Crippen molar-refractivity contribution >= 4 is 40.4 Å². The Bertz CT molecular complexity index is 840. The standard InChI is InChI=1S/C16H10Cl2N2O3/c17-11-6-5-10(9-12(11)18)19-20-15(13-3-1-7-22-13)16(21)14-4-2-8-23-14/h1-9,19H. The van der Waals surface area contributed by atoms with Crippen LogP contribution in [0.1, 0.15) is 16.3 Å². The number of Topliss-reactive ketones (excluding diaryl/α,β-unsaturated/α-hetero) is 1. The molecule has 1 N–H and O–H groups in total. The molecule has 0 amide bonds. The zero-order chi connectivity index (χ0) is 16.2. The molecule has 0 fully saturated rings. The molecule has 0 atom stereocenters. The molecule has 2 heterocycles. The number of benzene rings is 1. The second-order valence-corrected chi connectivity index (χ2v) is 5.30. The van der Waals surface area contributed by atoms with Gasteiger partial charge in [0.15, 0.2) is 17.2 Å². The van der Waals surface area contributed by atoms with E-state index in [1.54, 1.807) is 42.5 Å². The van der Waals surface area contributed by atoms with E-state index in [2.05, 4.69) is 10.5 Å².